The Morgan fingerprint density at radius 2 is 1.63 bits per heavy atom. The third-order valence-corrected chi connectivity index (χ3v) is 9.41. The summed E-state index contributed by atoms with van der Waals surface area (Å²) in [5, 5.41) is 3.13. The Morgan fingerprint density at radius 3 is 2.26 bits per heavy atom. The summed E-state index contributed by atoms with van der Waals surface area (Å²) in [7, 11) is -2.57. The van der Waals surface area contributed by atoms with E-state index < -0.39 is 28.5 Å². The molecule has 0 aromatic heterocycles. The van der Waals surface area contributed by atoms with E-state index in [0.717, 1.165) is 35.6 Å². The largest absolute Gasteiger partial charge is 0.497 e. The Bertz CT molecular complexity index is 1460. The molecule has 0 radical (unpaired) electrons. The normalized spacial score (nSPS) is 14.1. The molecule has 0 saturated heterocycles. The number of nitrogens with zero attached hydrogens (tertiary/aromatic N) is 2. The molecule has 0 spiro atoms. The molecule has 10 heteroatoms. The SMILES string of the molecule is CCOc1ccc(N(CC(=O)N(Cc2cccc(OC)c2)C(CC)C(=O)NC2CCCC2)S(=O)(=O)c2ccccc2)cc1. The van der Waals surface area contributed by atoms with Gasteiger partial charge in [0.05, 0.1) is 24.3 Å². The van der Waals surface area contributed by atoms with E-state index in [2.05, 4.69) is 5.32 Å². The monoisotopic (exact) mass is 607 g/mol. The van der Waals surface area contributed by atoms with Crippen molar-refractivity contribution in [1.29, 1.82) is 0 Å². The fraction of sp³-hybridized carbons (Fsp3) is 0.394. The van der Waals surface area contributed by atoms with Gasteiger partial charge in [-0.15, -0.1) is 0 Å². The first kappa shape index (κ1) is 31.9. The fourth-order valence-electron chi connectivity index (χ4n) is 5.38. The summed E-state index contributed by atoms with van der Waals surface area (Å²) in [6, 6.07) is 21.2. The van der Waals surface area contributed by atoms with Gasteiger partial charge in [-0.1, -0.05) is 50.1 Å². The van der Waals surface area contributed by atoms with Crippen molar-refractivity contribution in [2.24, 2.45) is 0 Å². The van der Waals surface area contributed by atoms with Gasteiger partial charge in [0, 0.05) is 12.6 Å². The maximum absolute atomic E-state index is 14.3. The highest BCUT2D eigenvalue weighted by atomic mass is 32.2. The van der Waals surface area contributed by atoms with Crippen LogP contribution in [-0.4, -0.2) is 57.5 Å². The number of amides is 2. The van der Waals surface area contributed by atoms with Gasteiger partial charge in [0.1, 0.15) is 24.1 Å². The first-order chi connectivity index (χ1) is 20.8. The minimum atomic E-state index is -4.14. The van der Waals surface area contributed by atoms with Crippen LogP contribution in [0.1, 0.15) is 51.5 Å². The van der Waals surface area contributed by atoms with Gasteiger partial charge >= 0.3 is 0 Å². The van der Waals surface area contributed by atoms with Crippen LogP contribution in [0.15, 0.2) is 83.8 Å². The van der Waals surface area contributed by atoms with Gasteiger partial charge in [-0.2, -0.15) is 0 Å². The lowest BCUT2D eigenvalue weighted by Crippen LogP contribution is -2.53. The number of hydrogen-bond acceptors (Lipinski definition) is 6. The zero-order valence-corrected chi connectivity index (χ0v) is 25.9. The molecule has 0 bridgehead atoms. The molecule has 43 heavy (non-hydrogen) atoms. The molecule has 230 valence electrons. The average Bonchev–Trinajstić information content (AvgIpc) is 3.54. The Hall–Kier alpha value is -4.05. The molecule has 1 saturated carbocycles. The van der Waals surface area contributed by atoms with Crippen molar-refractivity contribution in [3.8, 4) is 11.5 Å². The van der Waals surface area contributed by atoms with E-state index >= 15 is 0 Å². The number of methoxy groups -OCH3 is 1. The molecular weight excluding hydrogens is 566 g/mol. The predicted octanol–water partition coefficient (Wildman–Crippen LogP) is 5.16. The maximum atomic E-state index is 14.3. The zero-order valence-electron chi connectivity index (χ0n) is 25.1. The van der Waals surface area contributed by atoms with Crippen molar-refractivity contribution >= 4 is 27.5 Å². The minimum absolute atomic E-state index is 0.0575. The van der Waals surface area contributed by atoms with E-state index in [9.17, 15) is 18.0 Å². The number of hydrogen-bond donors (Lipinski definition) is 1. The summed E-state index contributed by atoms with van der Waals surface area (Å²) in [5.41, 5.74) is 1.07. The molecular formula is C33H41N3O6S. The number of carbonyl (C=O) groups is 2. The van der Waals surface area contributed by atoms with E-state index in [1.54, 1.807) is 55.6 Å². The van der Waals surface area contributed by atoms with Gasteiger partial charge in [0.15, 0.2) is 0 Å². The molecule has 1 aliphatic carbocycles. The highest BCUT2D eigenvalue weighted by Gasteiger charge is 2.34. The van der Waals surface area contributed by atoms with Gasteiger partial charge in [0.25, 0.3) is 10.0 Å². The van der Waals surface area contributed by atoms with E-state index in [1.165, 1.54) is 17.0 Å². The van der Waals surface area contributed by atoms with E-state index in [0.29, 0.717) is 30.2 Å². The van der Waals surface area contributed by atoms with Crippen LogP contribution in [0.4, 0.5) is 5.69 Å². The third kappa shape index (κ3) is 8.07. The van der Waals surface area contributed by atoms with Crippen LogP contribution >= 0.6 is 0 Å². The zero-order chi connectivity index (χ0) is 30.8. The molecule has 1 unspecified atom stereocenters. The first-order valence-electron chi connectivity index (χ1n) is 14.8. The van der Waals surface area contributed by atoms with Gasteiger partial charge in [-0.3, -0.25) is 13.9 Å². The highest BCUT2D eigenvalue weighted by molar-refractivity contribution is 7.92. The van der Waals surface area contributed by atoms with E-state index in [-0.39, 0.29) is 23.4 Å². The van der Waals surface area contributed by atoms with Crippen LogP contribution in [-0.2, 0) is 26.2 Å². The molecule has 4 rings (SSSR count). The Morgan fingerprint density at radius 1 is 0.930 bits per heavy atom. The van der Waals surface area contributed by atoms with Crippen LogP contribution in [0.2, 0.25) is 0 Å². The second-order valence-corrected chi connectivity index (χ2v) is 12.4. The molecule has 1 atom stereocenters. The van der Waals surface area contributed by atoms with Crippen molar-refractivity contribution in [3.05, 3.63) is 84.4 Å². The van der Waals surface area contributed by atoms with Gasteiger partial charge < -0.3 is 19.7 Å². The summed E-state index contributed by atoms with van der Waals surface area (Å²) in [6.45, 7) is 3.79. The van der Waals surface area contributed by atoms with Crippen LogP contribution in [0.5, 0.6) is 11.5 Å². The standard InChI is InChI=1S/C33H41N3O6S/c1-4-31(33(38)34-26-13-9-10-14-26)35(23-25-12-11-15-29(22-25)41-3)32(37)24-36(27-18-20-28(21-19-27)42-5-2)43(39,40)30-16-7-6-8-17-30/h6-8,11-12,15-22,26,31H,4-5,9-10,13-14,23-24H2,1-3H3,(H,34,38). The molecule has 9 nitrogen and oxygen atoms in total. The van der Waals surface area contributed by atoms with Crippen molar-refractivity contribution in [3.63, 3.8) is 0 Å². The van der Waals surface area contributed by atoms with Crippen LogP contribution in [0.25, 0.3) is 0 Å². The van der Waals surface area contributed by atoms with Crippen molar-refractivity contribution < 1.29 is 27.5 Å². The Labute approximate surface area is 254 Å². The molecule has 1 fully saturated rings. The topological polar surface area (TPSA) is 105 Å². The van der Waals surface area contributed by atoms with E-state index in [1.807, 2.05) is 32.0 Å². The predicted molar refractivity (Wildman–Crippen MR) is 167 cm³/mol. The average molecular weight is 608 g/mol. The number of rotatable bonds is 14. The lowest BCUT2D eigenvalue weighted by Gasteiger charge is -2.34. The minimum Gasteiger partial charge on any atom is -0.497 e. The lowest BCUT2D eigenvalue weighted by atomic mass is 10.1. The van der Waals surface area contributed by atoms with Crippen molar-refractivity contribution in [2.75, 3.05) is 24.6 Å². The summed E-state index contributed by atoms with van der Waals surface area (Å²) in [6.07, 6.45) is 4.30. The second-order valence-electron chi connectivity index (χ2n) is 10.5. The third-order valence-electron chi connectivity index (χ3n) is 7.62. The van der Waals surface area contributed by atoms with Crippen molar-refractivity contribution in [2.45, 2.75) is 69.5 Å². The number of benzene rings is 3. The van der Waals surface area contributed by atoms with Gasteiger partial charge in [0.2, 0.25) is 11.8 Å². The lowest BCUT2D eigenvalue weighted by molar-refractivity contribution is -0.140. The van der Waals surface area contributed by atoms with E-state index in [4.69, 9.17) is 9.47 Å². The Kier molecular flexibility index (Phi) is 11.1. The maximum Gasteiger partial charge on any atom is 0.264 e. The molecule has 1 N–H and O–H groups in total. The number of carbonyl (C=O) groups excluding carboxylic acids is 2. The molecule has 3 aromatic carbocycles. The molecule has 2 amide bonds. The second kappa shape index (κ2) is 14.9. The molecule has 0 aliphatic heterocycles. The van der Waals surface area contributed by atoms with Crippen LogP contribution < -0.4 is 19.1 Å². The summed E-state index contributed by atoms with van der Waals surface area (Å²) in [4.78, 5) is 29.4. The van der Waals surface area contributed by atoms with Crippen LogP contribution in [0, 0.1) is 0 Å². The van der Waals surface area contributed by atoms with Crippen LogP contribution in [0.3, 0.4) is 0 Å². The quantitative estimate of drug-likeness (QED) is 0.272. The summed E-state index contributed by atoms with van der Waals surface area (Å²) < 4.78 is 40.0. The smallest absolute Gasteiger partial charge is 0.264 e. The molecule has 3 aromatic rings. The Balaban J connectivity index is 1.71. The number of anilines is 1. The number of nitrogens with one attached hydrogen (secondary N) is 1. The molecule has 1 aliphatic rings. The number of ether oxygens (including phenoxy) is 2. The summed E-state index contributed by atoms with van der Waals surface area (Å²) >= 11 is 0. The summed E-state index contributed by atoms with van der Waals surface area (Å²) in [5.74, 6) is 0.480. The molecule has 0 heterocycles. The number of sulfonamides is 1. The first-order valence-corrected chi connectivity index (χ1v) is 16.2. The van der Waals surface area contributed by atoms with Gasteiger partial charge in [-0.25, -0.2) is 8.42 Å². The fourth-order valence-corrected chi connectivity index (χ4v) is 6.81. The van der Waals surface area contributed by atoms with Gasteiger partial charge in [-0.05, 0) is 80.3 Å². The highest BCUT2D eigenvalue weighted by Crippen LogP contribution is 2.27. The van der Waals surface area contributed by atoms with Crippen molar-refractivity contribution in [1.82, 2.24) is 10.2 Å².